The SMILES string of the molecule is C=C(CN(C)C)C1(O)CCCCCCCCCCC1. The fourth-order valence-electron chi connectivity index (χ4n) is 3.08. The number of hydrogen-bond donors (Lipinski definition) is 1. The highest BCUT2D eigenvalue weighted by Crippen LogP contribution is 2.30. The molecule has 1 rings (SSSR count). The maximum atomic E-state index is 10.9. The van der Waals surface area contributed by atoms with Crippen LogP contribution in [-0.4, -0.2) is 36.2 Å². The molecule has 2 heteroatoms. The van der Waals surface area contributed by atoms with E-state index < -0.39 is 5.60 Å². The van der Waals surface area contributed by atoms with Crippen LogP contribution in [0.2, 0.25) is 0 Å². The molecule has 0 aromatic heterocycles. The summed E-state index contributed by atoms with van der Waals surface area (Å²) in [4.78, 5) is 2.11. The molecule has 19 heavy (non-hydrogen) atoms. The number of hydrogen-bond acceptors (Lipinski definition) is 2. The number of nitrogens with zero attached hydrogens (tertiary/aromatic N) is 1. The van der Waals surface area contributed by atoms with Gasteiger partial charge in [-0.05, 0) is 32.5 Å². The topological polar surface area (TPSA) is 23.5 Å². The Morgan fingerprint density at radius 1 is 0.895 bits per heavy atom. The molecule has 0 aromatic carbocycles. The normalized spacial score (nSPS) is 22.5. The summed E-state index contributed by atoms with van der Waals surface area (Å²) in [6, 6.07) is 0. The summed E-state index contributed by atoms with van der Waals surface area (Å²) in [5.74, 6) is 0. The Labute approximate surface area is 119 Å². The highest BCUT2D eigenvalue weighted by molar-refractivity contribution is 5.14. The third-order valence-electron chi connectivity index (χ3n) is 4.35. The molecule has 0 bridgehead atoms. The van der Waals surface area contributed by atoms with E-state index in [0.717, 1.165) is 37.8 Å². The summed E-state index contributed by atoms with van der Waals surface area (Å²) in [6.45, 7) is 4.97. The lowest BCUT2D eigenvalue weighted by Crippen LogP contribution is -2.35. The first kappa shape index (κ1) is 16.7. The van der Waals surface area contributed by atoms with E-state index in [1.165, 1.54) is 44.9 Å². The second kappa shape index (κ2) is 8.76. The van der Waals surface area contributed by atoms with Gasteiger partial charge in [-0.2, -0.15) is 0 Å². The van der Waals surface area contributed by atoms with E-state index in [0.29, 0.717) is 0 Å². The van der Waals surface area contributed by atoms with Crippen LogP contribution in [0.25, 0.3) is 0 Å². The average Bonchev–Trinajstić information content (AvgIpc) is 2.33. The Balaban J connectivity index is 2.55. The molecule has 0 aliphatic heterocycles. The molecule has 0 spiro atoms. The monoisotopic (exact) mass is 267 g/mol. The van der Waals surface area contributed by atoms with E-state index >= 15 is 0 Å². The number of aliphatic hydroxyl groups is 1. The zero-order chi connectivity index (χ0) is 14.1. The zero-order valence-corrected chi connectivity index (χ0v) is 13.1. The molecular formula is C17H33NO. The number of rotatable bonds is 3. The van der Waals surface area contributed by atoms with Crippen LogP contribution in [0.3, 0.4) is 0 Å². The first-order valence-electron chi connectivity index (χ1n) is 8.10. The van der Waals surface area contributed by atoms with Gasteiger partial charge >= 0.3 is 0 Å². The van der Waals surface area contributed by atoms with Crippen molar-refractivity contribution in [1.29, 1.82) is 0 Å². The van der Waals surface area contributed by atoms with E-state index in [1.54, 1.807) is 0 Å². The zero-order valence-electron chi connectivity index (χ0n) is 13.1. The van der Waals surface area contributed by atoms with Gasteiger partial charge in [-0.25, -0.2) is 0 Å². The van der Waals surface area contributed by atoms with Crippen LogP contribution in [0.5, 0.6) is 0 Å². The van der Waals surface area contributed by atoms with Gasteiger partial charge in [-0.1, -0.05) is 64.4 Å². The summed E-state index contributed by atoms with van der Waals surface area (Å²) in [6.07, 6.45) is 13.4. The van der Waals surface area contributed by atoms with Gasteiger partial charge in [0, 0.05) is 6.54 Å². The van der Waals surface area contributed by atoms with Crippen LogP contribution in [0.1, 0.15) is 70.6 Å². The minimum absolute atomic E-state index is 0.622. The smallest absolute Gasteiger partial charge is 0.0866 e. The summed E-state index contributed by atoms with van der Waals surface area (Å²) in [5, 5.41) is 10.9. The van der Waals surface area contributed by atoms with Crippen LogP contribution < -0.4 is 0 Å². The molecule has 0 heterocycles. The highest BCUT2D eigenvalue weighted by Gasteiger charge is 2.29. The van der Waals surface area contributed by atoms with Crippen molar-refractivity contribution in [3.63, 3.8) is 0 Å². The predicted octanol–water partition coefficient (Wildman–Crippen LogP) is 4.14. The molecule has 112 valence electrons. The van der Waals surface area contributed by atoms with Crippen molar-refractivity contribution < 1.29 is 5.11 Å². The fourth-order valence-corrected chi connectivity index (χ4v) is 3.08. The number of likely N-dealkylation sites (N-methyl/N-ethyl adjacent to an activating group) is 1. The third kappa shape index (κ3) is 6.58. The third-order valence-corrected chi connectivity index (χ3v) is 4.35. The summed E-state index contributed by atoms with van der Waals surface area (Å²) in [7, 11) is 4.09. The molecule has 0 aromatic rings. The van der Waals surface area contributed by atoms with Crippen molar-refractivity contribution in [2.45, 2.75) is 76.2 Å². The lowest BCUT2D eigenvalue weighted by atomic mass is 9.83. The van der Waals surface area contributed by atoms with Crippen molar-refractivity contribution in [2.24, 2.45) is 0 Å². The van der Waals surface area contributed by atoms with Crippen molar-refractivity contribution in [2.75, 3.05) is 20.6 Å². The fraction of sp³-hybridized carbons (Fsp3) is 0.882. The standard InChI is InChI=1S/C17H33NO/c1-16(15-18(2)3)17(19)13-11-9-7-5-4-6-8-10-12-14-17/h19H,1,4-15H2,2-3H3. The molecule has 0 saturated heterocycles. The lowest BCUT2D eigenvalue weighted by Gasteiger charge is -2.32. The van der Waals surface area contributed by atoms with Gasteiger partial charge in [0.25, 0.3) is 0 Å². The maximum Gasteiger partial charge on any atom is 0.0866 e. The first-order chi connectivity index (χ1) is 9.04. The van der Waals surface area contributed by atoms with Gasteiger partial charge in [-0.15, -0.1) is 0 Å². The van der Waals surface area contributed by atoms with Crippen LogP contribution >= 0.6 is 0 Å². The molecular weight excluding hydrogens is 234 g/mol. The van der Waals surface area contributed by atoms with Gasteiger partial charge in [0.1, 0.15) is 0 Å². The van der Waals surface area contributed by atoms with Crippen LogP contribution in [0, 0.1) is 0 Å². The predicted molar refractivity (Wildman–Crippen MR) is 83.4 cm³/mol. The summed E-state index contributed by atoms with van der Waals surface area (Å²) >= 11 is 0. The Morgan fingerprint density at radius 2 is 1.26 bits per heavy atom. The first-order valence-corrected chi connectivity index (χ1v) is 8.10. The Bertz CT molecular complexity index is 248. The largest absolute Gasteiger partial charge is 0.385 e. The molecule has 1 N–H and O–H groups in total. The minimum atomic E-state index is -0.622. The summed E-state index contributed by atoms with van der Waals surface area (Å²) in [5.41, 5.74) is 0.387. The van der Waals surface area contributed by atoms with E-state index in [2.05, 4.69) is 11.5 Å². The van der Waals surface area contributed by atoms with Crippen molar-refractivity contribution >= 4 is 0 Å². The molecule has 1 aliphatic carbocycles. The maximum absolute atomic E-state index is 10.9. The second-order valence-corrected chi connectivity index (χ2v) is 6.55. The summed E-state index contributed by atoms with van der Waals surface area (Å²) < 4.78 is 0. The van der Waals surface area contributed by atoms with E-state index in [-0.39, 0.29) is 0 Å². The van der Waals surface area contributed by atoms with E-state index in [4.69, 9.17) is 0 Å². The van der Waals surface area contributed by atoms with Gasteiger partial charge in [0.2, 0.25) is 0 Å². The average molecular weight is 267 g/mol. The Morgan fingerprint density at radius 3 is 1.63 bits per heavy atom. The van der Waals surface area contributed by atoms with Gasteiger partial charge in [0.05, 0.1) is 5.60 Å². The van der Waals surface area contributed by atoms with Gasteiger partial charge < -0.3 is 10.0 Å². The Kier molecular flexibility index (Phi) is 7.70. The molecule has 0 amide bonds. The van der Waals surface area contributed by atoms with Gasteiger partial charge in [-0.3, -0.25) is 0 Å². The van der Waals surface area contributed by atoms with E-state index in [9.17, 15) is 5.11 Å². The molecule has 2 nitrogen and oxygen atoms in total. The van der Waals surface area contributed by atoms with E-state index in [1.807, 2.05) is 14.1 Å². The lowest BCUT2D eigenvalue weighted by molar-refractivity contribution is 0.0486. The molecule has 1 aliphatic rings. The molecule has 0 radical (unpaired) electrons. The molecule has 0 unspecified atom stereocenters. The molecule has 1 fully saturated rings. The van der Waals surface area contributed by atoms with Crippen LogP contribution in [0.15, 0.2) is 12.2 Å². The van der Waals surface area contributed by atoms with Crippen molar-refractivity contribution in [3.05, 3.63) is 12.2 Å². The minimum Gasteiger partial charge on any atom is -0.385 e. The van der Waals surface area contributed by atoms with Crippen LogP contribution in [0.4, 0.5) is 0 Å². The Hall–Kier alpha value is -0.340. The molecule has 1 saturated carbocycles. The van der Waals surface area contributed by atoms with Gasteiger partial charge in [0.15, 0.2) is 0 Å². The van der Waals surface area contributed by atoms with Crippen molar-refractivity contribution in [1.82, 2.24) is 4.90 Å². The van der Waals surface area contributed by atoms with Crippen molar-refractivity contribution in [3.8, 4) is 0 Å². The molecule has 0 atom stereocenters. The second-order valence-electron chi connectivity index (χ2n) is 6.55. The highest BCUT2D eigenvalue weighted by atomic mass is 16.3. The van der Waals surface area contributed by atoms with Crippen LogP contribution in [-0.2, 0) is 0 Å². The quantitative estimate of drug-likeness (QED) is 0.777.